The van der Waals surface area contributed by atoms with Crippen LogP contribution in [0.2, 0.25) is 0 Å². The summed E-state index contributed by atoms with van der Waals surface area (Å²) in [5, 5.41) is 7.62. The smallest absolute Gasteiger partial charge is 0.186 e. The van der Waals surface area contributed by atoms with Crippen molar-refractivity contribution in [2.75, 3.05) is 0 Å². The lowest BCUT2D eigenvalue weighted by Crippen LogP contribution is -2.12. The number of nitrogens with zero attached hydrogens (tertiary/aromatic N) is 3. The second kappa shape index (κ2) is 4.00. The quantitative estimate of drug-likeness (QED) is 0.709. The van der Waals surface area contributed by atoms with Gasteiger partial charge in [0.15, 0.2) is 5.78 Å². The van der Waals surface area contributed by atoms with Crippen molar-refractivity contribution in [1.82, 2.24) is 15.0 Å². The molecule has 0 saturated carbocycles. The van der Waals surface area contributed by atoms with Crippen LogP contribution in [0.4, 0.5) is 4.39 Å². The molecule has 15 heavy (non-hydrogen) atoms. The Balaban J connectivity index is 2.11. The van der Waals surface area contributed by atoms with E-state index in [4.69, 9.17) is 0 Å². The van der Waals surface area contributed by atoms with Gasteiger partial charge >= 0.3 is 0 Å². The van der Waals surface area contributed by atoms with Crippen molar-refractivity contribution in [2.24, 2.45) is 0 Å². The molecule has 76 valence electrons. The van der Waals surface area contributed by atoms with Crippen LogP contribution < -0.4 is 0 Å². The average molecular weight is 205 g/mol. The number of ketones is 1. The van der Waals surface area contributed by atoms with E-state index in [-0.39, 0.29) is 18.1 Å². The number of aromatic nitrogens is 3. The molecule has 0 radical (unpaired) electrons. The molecular weight excluding hydrogens is 197 g/mol. The predicted molar refractivity (Wildman–Crippen MR) is 50.8 cm³/mol. The van der Waals surface area contributed by atoms with Gasteiger partial charge in [-0.1, -0.05) is 0 Å². The molecule has 0 N–H and O–H groups in total. The summed E-state index contributed by atoms with van der Waals surface area (Å²) >= 11 is 0. The van der Waals surface area contributed by atoms with E-state index >= 15 is 0 Å². The molecule has 1 aromatic heterocycles. The highest BCUT2D eigenvalue weighted by molar-refractivity contribution is 5.95. The Morgan fingerprint density at radius 3 is 2.40 bits per heavy atom. The maximum Gasteiger partial charge on any atom is 0.186 e. The lowest BCUT2D eigenvalue weighted by molar-refractivity contribution is 0.0962. The predicted octanol–water partition coefficient (Wildman–Crippen LogP) is 1.30. The summed E-state index contributed by atoms with van der Waals surface area (Å²) in [5.74, 6) is -0.505. The summed E-state index contributed by atoms with van der Waals surface area (Å²) in [4.78, 5) is 12.9. The molecule has 0 bridgehead atoms. The van der Waals surface area contributed by atoms with Gasteiger partial charge in [-0.25, -0.2) is 4.39 Å². The third-order valence-corrected chi connectivity index (χ3v) is 1.92. The highest BCUT2D eigenvalue weighted by Crippen LogP contribution is 2.04. The molecule has 0 atom stereocenters. The van der Waals surface area contributed by atoms with E-state index < -0.39 is 0 Å². The third kappa shape index (κ3) is 2.25. The zero-order valence-electron chi connectivity index (χ0n) is 7.80. The molecule has 0 amide bonds. The molecule has 0 unspecified atom stereocenters. The monoisotopic (exact) mass is 205 g/mol. The van der Waals surface area contributed by atoms with Crippen LogP contribution in [-0.4, -0.2) is 20.8 Å². The fourth-order valence-electron chi connectivity index (χ4n) is 1.18. The minimum absolute atomic E-state index is 0.0681. The SMILES string of the molecule is O=C(Cn1nccn1)c1ccc(F)cc1. The van der Waals surface area contributed by atoms with E-state index in [1.54, 1.807) is 0 Å². The van der Waals surface area contributed by atoms with Crippen LogP contribution in [0.25, 0.3) is 0 Å². The Bertz CT molecular complexity index is 450. The van der Waals surface area contributed by atoms with Crippen LogP contribution in [0, 0.1) is 5.82 Å². The van der Waals surface area contributed by atoms with Gasteiger partial charge in [-0.15, -0.1) is 0 Å². The van der Waals surface area contributed by atoms with Gasteiger partial charge in [0.2, 0.25) is 0 Å². The highest BCUT2D eigenvalue weighted by Gasteiger charge is 2.07. The molecule has 0 spiro atoms. The van der Waals surface area contributed by atoms with Crippen molar-refractivity contribution in [3.8, 4) is 0 Å². The van der Waals surface area contributed by atoms with Crippen LogP contribution in [0.3, 0.4) is 0 Å². The second-order valence-corrected chi connectivity index (χ2v) is 2.99. The summed E-state index contributed by atoms with van der Waals surface area (Å²) < 4.78 is 12.6. The fourth-order valence-corrected chi connectivity index (χ4v) is 1.18. The Morgan fingerprint density at radius 2 is 1.80 bits per heavy atom. The third-order valence-electron chi connectivity index (χ3n) is 1.92. The van der Waals surface area contributed by atoms with E-state index in [2.05, 4.69) is 10.2 Å². The average Bonchev–Trinajstić information content (AvgIpc) is 2.71. The number of carbonyl (C=O) groups excluding carboxylic acids is 1. The molecular formula is C10H8FN3O. The Hall–Kier alpha value is -2.04. The lowest BCUT2D eigenvalue weighted by atomic mass is 10.1. The van der Waals surface area contributed by atoms with Crippen LogP contribution in [0.15, 0.2) is 36.7 Å². The van der Waals surface area contributed by atoms with Crippen molar-refractivity contribution in [3.05, 3.63) is 48.0 Å². The van der Waals surface area contributed by atoms with Crippen molar-refractivity contribution >= 4 is 5.78 Å². The zero-order chi connectivity index (χ0) is 10.7. The summed E-state index contributed by atoms with van der Waals surface area (Å²) in [7, 11) is 0. The summed E-state index contributed by atoms with van der Waals surface area (Å²) in [6, 6.07) is 5.40. The molecule has 4 nitrogen and oxygen atoms in total. The zero-order valence-corrected chi connectivity index (χ0v) is 7.80. The normalized spacial score (nSPS) is 10.2. The minimum Gasteiger partial charge on any atom is -0.292 e. The molecule has 0 aliphatic carbocycles. The molecule has 0 aliphatic heterocycles. The molecule has 0 fully saturated rings. The van der Waals surface area contributed by atoms with E-state index in [0.29, 0.717) is 5.56 Å². The van der Waals surface area contributed by atoms with Gasteiger partial charge < -0.3 is 0 Å². The number of benzene rings is 1. The number of carbonyl (C=O) groups is 1. The minimum atomic E-state index is -0.358. The Kier molecular flexibility index (Phi) is 2.53. The molecule has 5 heteroatoms. The van der Waals surface area contributed by atoms with Crippen LogP contribution in [-0.2, 0) is 6.54 Å². The number of hydrogen-bond donors (Lipinski definition) is 0. The number of rotatable bonds is 3. The highest BCUT2D eigenvalue weighted by atomic mass is 19.1. The first-order chi connectivity index (χ1) is 7.25. The first-order valence-electron chi connectivity index (χ1n) is 4.38. The van der Waals surface area contributed by atoms with Crippen molar-refractivity contribution < 1.29 is 9.18 Å². The van der Waals surface area contributed by atoms with Gasteiger partial charge in [-0.3, -0.25) is 4.79 Å². The number of hydrogen-bond acceptors (Lipinski definition) is 3. The first-order valence-corrected chi connectivity index (χ1v) is 4.38. The van der Waals surface area contributed by atoms with Gasteiger partial charge in [-0.05, 0) is 24.3 Å². The van der Waals surface area contributed by atoms with Gasteiger partial charge in [-0.2, -0.15) is 15.0 Å². The molecule has 1 aromatic carbocycles. The van der Waals surface area contributed by atoms with E-state index in [1.807, 2.05) is 0 Å². The summed E-state index contributed by atoms with van der Waals surface area (Å²) in [6.45, 7) is 0.0681. The van der Waals surface area contributed by atoms with Gasteiger partial charge in [0, 0.05) is 5.56 Å². The fraction of sp³-hybridized carbons (Fsp3) is 0.100. The van der Waals surface area contributed by atoms with Crippen LogP contribution >= 0.6 is 0 Å². The Morgan fingerprint density at radius 1 is 1.20 bits per heavy atom. The molecule has 0 saturated heterocycles. The molecule has 0 aliphatic rings. The number of Topliss-reactive ketones (excluding diaryl/α,β-unsaturated/α-hetero) is 1. The van der Waals surface area contributed by atoms with E-state index in [1.165, 1.54) is 41.5 Å². The standard InChI is InChI=1S/C10H8FN3O/c11-9-3-1-8(2-4-9)10(15)7-14-12-5-6-13-14/h1-6H,7H2. The van der Waals surface area contributed by atoms with Crippen LogP contribution in [0.1, 0.15) is 10.4 Å². The van der Waals surface area contributed by atoms with Crippen molar-refractivity contribution in [2.45, 2.75) is 6.54 Å². The Labute approximate surface area is 85.3 Å². The molecule has 2 rings (SSSR count). The first kappa shape index (κ1) is 9.51. The van der Waals surface area contributed by atoms with Crippen LogP contribution in [0.5, 0.6) is 0 Å². The van der Waals surface area contributed by atoms with E-state index in [0.717, 1.165) is 0 Å². The van der Waals surface area contributed by atoms with Crippen molar-refractivity contribution in [1.29, 1.82) is 0 Å². The largest absolute Gasteiger partial charge is 0.292 e. The number of halogens is 1. The maximum absolute atomic E-state index is 12.6. The summed E-state index contributed by atoms with van der Waals surface area (Å²) in [6.07, 6.45) is 3.00. The topological polar surface area (TPSA) is 47.8 Å². The molecule has 2 aromatic rings. The molecule has 1 heterocycles. The van der Waals surface area contributed by atoms with Gasteiger partial charge in [0.1, 0.15) is 12.4 Å². The maximum atomic E-state index is 12.6. The van der Waals surface area contributed by atoms with Gasteiger partial charge in [0.25, 0.3) is 0 Å². The lowest BCUT2D eigenvalue weighted by Gasteiger charge is -1.99. The second-order valence-electron chi connectivity index (χ2n) is 2.99. The van der Waals surface area contributed by atoms with E-state index in [9.17, 15) is 9.18 Å². The summed E-state index contributed by atoms with van der Waals surface area (Å²) in [5.41, 5.74) is 0.453. The van der Waals surface area contributed by atoms with Gasteiger partial charge in [0.05, 0.1) is 12.4 Å². The van der Waals surface area contributed by atoms with Crippen molar-refractivity contribution in [3.63, 3.8) is 0 Å².